The molecule has 3 aromatic carbocycles. The number of aryl methyl sites for hydroxylation is 1. The monoisotopic (exact) mass is 395 g/mol. The highest BCUT2D eigenvalue weighted by Crippen LogP contribution is 2.37. The topological polar surface area (TPSA) is 59.1 Å². The lowest BCUT2D eigenvalue weighted by Crippen LogP contribution is -2.27. The lowest BCUT2D eigenvalue weighted by atomic mass is 10.2. The van der Waals surface area contributed by atoms with Gasteiger partial charge in [-0.2, -0.15) is 0 Å². The average molecular weight is 395 g/mol. The number of para-hydroxylation sites is 3. The minimum Gasteiger partial charge on any atom is -0.489 e. The zero-order valence-corrected chi connectivity index (χ0v) is 16.3. The number of anilines is 2. The third kappa shape index (κ3) is 3.74. The second-order valence-corrected chi connectivity index (χ2v) is 8.36. The van der Waals surface area contributed by atoms with Crippen molar-refractivity contribution in [1.82, 2.24) is 0 Å². The average Bonchev–Trinajstić information content (AvgIpc) is 3.53. The van der Waals surface area contributed by atoms with Crippen molar-refractivity contribution in [3.63, 3.8) is 0 Å². The van der Waals surface area contributed by atoms with E-state index in [-0.39, 0.29) is 11.0 Å². The van der Waals surface area contributed by atoms with Crippen molar-refractivity contribution in [2.45, 2.75) is 17.9 Å². The van der Waals surface area contributed by atoms with Gasteiger partial charge in [0.25, 0.3) is 10.0 Å². The maximum Gasteiger partial charge on any atom is 0.272 e. The summed E-state index contributed by atoms with van der Waals surface area (Å²) in [6.07, 6.45) is 0.0392. The van der Waals surface area contributed by atoms with E-state index in [2.05, 4.69) is 0 Å². The summed E-state index contributed by atoms with van der Waals surface area (Å²) in [5.41, 5.74) is 2.03. The third-order valence-corrected chi connectivity index (χ3v) is 6.30. The molecule has 1 atom stereocenters. The van der Waals surface area contributed by atoms with Crippen LogP contribution in [0.4, 0.5) is 11.4 Å². The van der Waals surface area contributed by atoms with Crippen LogP contribution in [0.25, 0.3) is 0 Å². The predicted octanol–water partition coefficient (Wildman–Crippen LogP) is 4.30. The Balaban J connectivity index is 1.83. The van der Waals surface area contributed by atoms with E-state index in [4.69, 9.17) is 9.47 Å². The molecule has 1 fully saturated rings. The number of nitrogens with zero attached hydrogens (tertiary/aromatic N) is 1. The van der Waals surface area contributed by atoms with Crippen LogP contribution in [0.2, 0.25) is 0 Å². The molecular weight excluding hydrogens is 374 g/mol. The molecule has 1 heterocycles. The van der Waals surface area contributed by atoms with Crippen molar-refractivity contribution in [2.75, 3.05) is 17.5 Å². The van der Waals surface area contributed by atoms with Gasteiger partial charge in [-0.3, -0.25) is 0 Å². The molecule has 28 heavy (non-hydrogen) atoms. The Kier molecular flexibility index (Phi) is 5.07. The summed E-state index contributed by atoms with van der Waals surface area (Å²) < 4.78 is 39.9. The van der Waals surface area contributed by atoms with E-state index >= 15 is 0 Å². The van der Waals surface area contributed by atoms with Gasteiger partial charge in [-0.05, 0) is 42.8 Å². The van der Waals surface area contributed by atoms with Crippen molar-refractivity contribution >= 4 is 21.4 Å². The first-order valence-electron chi connectivity index (χ1n) is 9.07. The summed E-state index contributed by atoms with van der Waals surface area (Å²) in [6.45, 7) is 2.88. The van der Waals surface area contributed by atoms with Gasteiger partial charge in [0.15, 0.2) is 0 Å². The standard InChI is InChI=1S/C22H21NO4S/c1-17-9-5-6-12-20(17)23(18-10-3-2-4-11-18)28(24,25)22-14-8-7-13-21(22)27-16-19-15-26-19/h2-14,19H,15-16H2,1H3. The molecule has 0 N–H and O–H groups in total. The summed E-state index contributed by atoms with van der Waals surface area (Å²) in [5.74, 6) is 0.326. The first kappa shape index (κ1) is 18.5. The van der Waals surface area contributed by atoms with Gasteiger partial charge in [-0.15, -0.1) is 0 Å². The highest BCUT2D eigenvalue weighted by atomic mass is 32.2. The zero-order chi connectivity index (χ0) is 19.6. The summed E-state index contributed by atoms with van der Waals surface area (Å²) in [7, 11) is -3.92. The van der Waals surface area contributed by atoms with Gasteiger partial charge in [-0.25, -0.2) is 12.7 Å². The number of benzene rings is 3. The third-order valence-electron chi connectivity index (χ3n) is 4.52. The second-order valence-electron chi connectivity index (χ2n) is 6.60. The number of hydrogen-bond acceptors (Lipinski definition) is 4. The van der Waals surface area contributed by atoms with Gasteiger partial charge in [0.1, 0.15) is 23.4 Å². The molecule has 5 nitrogen and oxygen atoms in total. The molecule has 0 aliphatic carbocycles. The maximum absolute atomic E-state index is 13.8. The first-order chi connectivity index (χ1) is 13.6. The molecule has 1 unspecified atom stereocenters. The molecule has 4 rings (SSSR count). The molecule has 1 saturated heterocycles. The van der Waals surface area contributed by atoms with Gasteiger partial charge < -0.3 is 9.47 Å². The molecule has 0 amide bonds. The Bertz CT molecular complexity index is 1060. The molecule has 0 bridgehead atoms. The van der Waals surface area contributed by atoms with Crippen LogP contribution < -0.4 is 9.04 Å². The van der Waals surface area contributed by atoms with Gasteiger partial charge >= 0.3 is 0 Å². The largest absolute Gasteiger partial charge is 0.489 e. The minimum absolute atomic E-state index is 0.0392. The van der Waals surface area contributed by atoms with Crippen molar-refractivity contribution in [3.8, 4) is 5.75 Å². The van der Waals surface area contributed by atoms with Crippen LogP contribution in [0.3, 0.4) is 0 Å². The molecule has 0 spiro atoms. The molecule has 0 radical (unpaired) electrons. The fourth-order valence-corrected chi connectivity index (χ4v) is 4.68. The summed E-state index contributed by atoms with van der Waals surface area (Å²) in [4.78, 5) is 0.128. The number of epoxide rings is 1. The van der Waals surface area contributed by atoms with Crippen molar-refractivity contribution in [3.05, 3.63) is 84.4 Å². The first-order valence-corrected chi connectivity index (χ1v) is 10.5. The number of sulfonamides is 1. The van der Waals surface area contributed by atoms with Crippen LogP contribution in [0.5, 0.6) is 5.75 Å². The lowest BCUT2D eigenvalue weighted by Gasteiger charge is -2.27. The molecule has 0 saturated carbocycles. The fraction of sp³-hybridized carbons (Fsp3) is 0.182. The van der Waals surface area contributed by atoms with Crippen LogP contribution in [-0.4, -0.2) is 27.7 Å². The predicted molar refractivity (Wildman–Crippen MR) is 109 cm³/mol. The van der Waals surface area contributed by atoms with E-state index in [0.29, 0.717) is 30.3 Å². The van der Waals surface area contributed by atoms with Crippen LogP contribution in [0, 0.1) is 6.92 Å². The van der Waals surface area contributed by atoms with Gasteiger partial charge in [0.05, 0.1) is 18.0 Å². The molecule has 3 aromatic rings. The van der Waals surface area contributed by atoms with E-state index in [9.17, 15) is 8.42 Å². The SMILES string of the molecule is Cc1ccccc1N(c1ccccc1)S(=O)(=O)c1ccccc1OCC1CO1. The van der Waals surface area contributed by atoms with E-state index in [0.717, 1.165) is 5.56 Å². The number of ether oxygens (including phenoxy) is 2. The Morgan fingerprint density at radius 1 is 0.964 bits per heavy atom. The van der Waals surface area contributed by atoms with Crippen LogP contribution >= 0.6 is 0 Å². The molecule has 6 heteroatoms. The van der Waals surface area contributed by atoms with Gasteiger partial charge in [-0.1, -0.05) is 48.5 Å². The Hall–Kier alpha value is -2.83. The van der Waals surface area contributed by atoms with E-state index in [1.54, 1.807) is 42.5 Å². The van der Waals surface area contributed by atoms with Crippen molar-refractivity contribution < 1.29 is 17.9 Å². The molecule has 144 valence electrons. The zero-order valence-electron chi connectivity index (χ0n) is 15.5. The number of hydrogen-bond donors (Lipinski definition) is 0. The minimum atomic E-state index is -3.92. The maximum atomic E-state index is 13.8. The molecule has 1 aliphatic heterocycles. The molecular formula is C22H21NO4S. The summed E-state index contributed by atoms with van der Waals surface area (Å²) >= 11 is 0. The van der Waals surface area contributed by atoms with Crippen LogP contribution in [-0.2, 0) is 14.8 Å². The molecule has 1 aliphatic rings. The Morgan fingerprint density at radius 3 is 2.32 bits per heavy atom. The Labute approximate surface area is 165 Å². The smallest absolute Gasteiger partial charge is 0.272 e. The van der Waals surface area contributed by atoms with E-state index in [1.165, 1.54) is 4.31 Å². The highest BCUT2D eigenvalue weighted by Gasteiger charge is 2.31. The Morgan fingerprint density at radius 2 is 1.61 bits per heavy atom. The highest BCUT2D eigenvalue weighted by molar-refractivity contribution is 7.93. The van der Waals surface area contributed by atoms with Crippen LogP contribution in [0.1, 0.15) is 5.56 Å². The van der Waals surface area contributed by atoms with Gasteiger partial charge in [0.2, 0.25) is 0 Å². The fourth-order valence-electron chi connectivity index (χ4n) is 2.99. The lowest BCUT2D eigenvalue weighted by molar-refractivity contribution is 0.258. The van der Waals surface area contributed by atoms with Gasteiger partial charge in [0, 0.05) is 0 Å². The summed E-state index contributed by atoms with van der Waals surface area (Å²) in [5, 5.41) is 0. The van der Waals surface area contributed by atoms with Crippen LogP contribution in [0.15, 0.2) is 83.8 Å². The quantitative estimate of drug-likeness (QED) is 0.560. The van der Waals surface area contributed by atoms with Crippen molar-refractivity contribution in [2.24, 2.45) is 0 Å². The second kappa shape index (κ2) is 7.66. The molecule has 0 aromatic heterocycles. The van der Waals surface area contributed by atoms with Crippen molar-refractivity contribution in [1.29, 1.82) is 0 Å². The normalized spacial score (nSPS) is 15.8. The van der Waals surface area contributed by atoms with E-state index < -0.39 is 10.0 Å². The number of rotatable bonds is 7. The summed E-state index contributed by atoms with van der Waals surface area (Å²) in [6, 6.07) is 23.2. The van der Waals surface area contributed by atoms with E-state index in [1.807, 2.05) is 43.3 Å².